The first kappa shape index (κ1) is 19.1. The Hall–Kier alpha value is -0.280. The topological polar surface area (TPSA) is 121 Å². The van der Waals surface area contributed by atoms with Crippen LogP contribution in [0.1, 0.15) is 0 Å². The third-order valence-electron chi connectivity index (χ3n) is 1.93. The standard InChI is InChI=1S/C5H14NO.C5H12O5/c1-6(2,3)4-5-7;6-1-3(8)5(10)4(9)2-7/h7H,4-5H2,1-3H3;3-10H,1-2H2/q+1;/t;3-,4+,5-. The summed E-state index contributed by atoms with van der Waals surface area (Å²) >= 11 is 0. The Bertz CT molecular complexity index is 163. The maximum absolute atomic E-state index is 8.77. The molecule has 0 rings (SSSR count). The lowest BCUT2D eigenvalue weighted by Gasteiger charge is -2.21. The van der Waals surface area contributed by atoms with Gasteiger partial charge in [-0.05, 0) is 0 Å². The molecule has 0 aliphatic rings. The summed E-state index contributed by atoms with van der Waals surface area (Å²) in [5.74, 6) is 0. The first-order chi connectivity index (χ1) is 7.69. The molecule has 0 fully saturated rings. The highest BCUT2D eigenvalue weighted by Crippen LogP contribution is 1.98. The van der Waals surface area contributed by atoms with Gasteiger partial charge in [0.2, 0.25) is 0 Å². The number of hydrogen-bond donors (Lipinski definition) is 6. The van der Waals surface area contributed by atoms with E-state index in [0.717, 1.165) is 11.0 Å². The number of likely N-dealkylation sites (N-methyl/N-ethyl adjacent to an activating group) is 1. The molecule has 0 aliphatic heterocycles. The molecule has 0 heterocycles. The van der Waals surface area contributed by atoms with E-state index in [4.69, 9.17) is 30.6 Å². The summed E-state index contributed by atoms with van der Waals surface area (Å²) < 4.78 is 0.844. The molecule has 6 N–H and O–H groups in total. The van der Waals surface area contributed by atoms with Crippen LogP contribution in [0.25, 0.3) is 0 Å². The zero-order valence-corrected chi connectivity index (χ0v) is 10.7. The highest BCUT2D eigenvalue weighted by atomic mass is 16.4. The Kier molecular flexibility index (Phi) is 10.9. The number of quaternary nitrogens is 1. The van der Waals surface area contributed by atoms with Crippen LogP contribution in [0.4, 0.5) is 0 Å². The van der Waals surface area contributed by atoms with E-state index >= 15 is 0 Å². The van der Waals surface area contributed by atoms with Crippen molar-refractivity contribution < 1.29 is 35.1 Å². The van der Waals surface area contributed by atoms with Crippen LogP contribution in [0.5, 0.6) is 0 Å². The van der Waals surface area contributed by atoms with Gasteiger partial charge in [0.25, 0.3) is 0 Å². The molecule has 106 valence electrons. The van der Waals surface area contributed by atoms with Crippen molar-refractivity contribution in [2.24, 2.45) is 0 Å². The second-order valence-electron chi connectivity index (χ2n) is 4.73. The molecule has 0 bridgehead atoms. The highest BCUT2D eigenvalue weighted by molar-refractivity contribution is 4.73. The molecule has 7 heteroatoms. The van der Waals surface area contributed by atoms with Gasteiger partial charge in [-0.15, -0.1) is 0 Å². The molecule has 0 spiro atoms. The lowest BCUT2D eigenvalue weighted by molar-refractivity contribution is -0.870. The maximum atomic E-state index is 8.77. The minimum atomic E-state index is -1.49. The van der Waals surface area contributed by atoms with E-state index in [1.807, 2.05) is 0 Å². The van der Waals surface area contributed by atoms with Crippen LogP contribution >= 0.6 is 0 Å². The molecule has 7 nitrogen and oxygen atoms in total. The van der Waals surface area contributed by atoms with Crippen LogP contribution in [-0.2, 0) is 0 Å². The average Bonchev–Trinajstić information content (AvgIpc) is 2.25. The molecule has 0 saturated carbocycles. The van der Waals surface area contributed by atoms with Crippen molar-refractivity contribution in [3.8, 4) is 0 Å². The largest absolute Gasteiger partial charge is 0.394 e. The molecule has 3 atom stereocenters. The number of rotatable bonds is 6. The Labute approximate surface area is 102 Å². The number of aliphatic hydroxyl groups is 6. The monoisotopic (exact) mass is 256 g/mol. The van der Waals surface area contributed by atoms with Crippen LogP contribution in [0, 0.1) is 0 Å². The van der Waals surface area contributed by atoms with Gasteiger partial charge in [-0.2, -0.15) is 0 Å². The molecule has 0 aromatic heterocycles. The molecule has 0 saturated heterocycles. The smallest absolute Gasteiger partial charge is 0.110 e. The van der Waals surface area contributed by atoms with Gasteiger partial charge in [0.05, 0.1) is 41.0 Å². The summed E-state index contributed by atoms with van der Waals surface area (Å²) in [6.07, 6.45) is -4.29. The van der Waals surface area contributed by atoms with Crippen molar-refractivity contribution in [2.45, 2.75) is 18.3 Å². The van der Waals surface area contributed by atoms with Crippen LogP contribution in [0.15, 0.2) is 0 Å². The summed E-state index contributed by atoms with van der Waals surface area (Å²) in [7, 11) is 6.16. The Morgan fingerprint density at radius 3 is 1.29 bits per heavy atom. The van der Waals surface area contributed by atoms with Crippen LogP contribution in [0.3, 0.4) is 0 Å². The fourth-order valence-corrected chi connectivity index (χ4v) is 0.772. The molecule has 0 aromatic rings. The zero-order valence-electron chi connectivity index (χ0n) is 10.7. The summed E-state index contributed by atoms with van der Waals surface area (Å²) in [4.78, 5) is 0. The third kappa shape index (κ3) is 12.0. The van der Waals surface area contributed by atoms with Crippen molar-refractivity contribution in [3.63, 3.8) is 0 Å². The van der Waals surface area contributed by atoms with Crippen molar-refractivity contribution in [2.75, 3.05) is 47.5 Å². The van der Waals surface area contributed by atoms with Crippen molar-refractivity contribution in [3.05, 3.63) is 0 Å². The quantitative estimate of drug-likeness (QED) is 0.277. The first-order valence-corrected chi connectivity index (χ1v) is 5.36. The Morgan fingerprint density at radius 2 is 1.18 bits per heavy atom. The minimum Gasteiger partial charge on any atom is -0.394 e. The van der Waals surface area contributed by atoms with Gasteiger partial charge in [-0.3, -0.25) is 0 Å². The van der Waals surface area contributed by atoms with Gasteiger partial charge in [-0.1, -0.05) is 0 Å². The molecular formula is C10H26NO6+. The van der Waals surface area contributed by atoms with E-state index in [-0.39, 0.29) is 6.61 Å². The fraction of sp³-hybridized carbons (Fsp3) is 1.00. The summed E-state index contributed by atoms with van der Waals surface area (Å²) in [6, 6.07) is 0. The summed E-state index contributed by atoms with van der Waals surface area (Å²) in [5, 5.41) is 51.0. The van der Waals surface area contributed by atoms with E-state index in [9.17, 15) is 0 Å². The van der Waals surface area contributed by atoms with Crippen LogP contribution in [0.2, 0.25) is 0 Å². The zero-order chi connectivity index (χ0) is 14.1. The number of aliphatic hydroxyl groups excluding tert-OH is 6. The highest BCUT2D eigenvalue weighted by Gasteiger charge is 2.22. The van der Waals surface area contributed by atoms with E-state index < -0.39 is 31.5 Å². The van der Waals surface area contributed by atoms with E-state index in [1.54, 1.807) is 0 Å². The van der Waals surface area contributed by atoms with E-state index in [1.165, 1.54) is 0 Å². The fourth-order valence-electron chi connectivity index (χ4n) is 0.772. The predicted molar refractivity (Wildman–Crippen MR) is 62.2 cm³/mol. The van der Waals surface area contributed by atoms with Gasteiger partial charge >= 0.3 is 0 Å². The van der Waals surface area contributed by atoms with Gasteiger partial charge < -0.3 is 35.1 Å². The van der Waals surface area contributed by atoms with Crippen molar-refractivity contribution in [1.29, 1.82) is 0 Å². The Morgan fingerprint density at radius 1 is 0.824 bits per heavy atom. The van der Waals surface area contributed by atoms with E-state index in [0.29, 0.717) is 0 Å². The normalized spacial score (nSPS) is 16.8. The minimum absolute atomic E-state index is 0.281. The average molecular weight is 256 g/mol. The van der Waals surface area contributed by atoms with Gasteiger partial charge in [0, 0.05) is 0 Å². The molecular weight excluding hydrogens is 230 g/mol. The molecule has 0 radical (unpaired) electrons. The van der Waals surface area contributed by atoms with Gasteiger partial charge in [0.15, 0.2) is 0 Å². The summed E-state index contributed by atoms with van der Waals surface area (Å²) in [6.45, 7) is -0.167. The molecule has 0 amide bonds. The van der Waals surface area contributed by atoms with Gasteiger partial charge in [-0.25, -0.2) is 0 Å². The lowest BCUT2D eigenvalue weighted by atomic mass is 10.1. The lowest BCUT2D eigenvalue weighted by Crippen LogP contribution is -2.41. The first-order valence-electron chi connectivity index (χ1n) is 5.36. The van der Waals surface area contributed by atoms with Crippen molar-refractivity contribution >= 4 is 0 Å². The molecule has 0 aliphatic carbocycles. The predicted octanol–water partition coefficient (Wildman–Crippen LogP) is -3.26. The Balaban J connectivity index is 0. The van der Waals surface area contributed by atoms with Crippen LogP contribution < -0.4 is 0 Å². The molecule has 0 aromatic carbocycles. The van der Waals surface area contributed by atoms with Crippen molar-refractivity contribution in [1.82, 2.24) is 0 Å². The molecule has 17 heavy (non-hydrogen) atoms. The second-order valence-corrected chi connectivity index (χ2v) is 4.73. The van der Waals surface area contributed by atoms with E-state index in [2.05, 4.69) is 21.1 Å². The summed E-state index contributed by atoms with van der Waals surface area (Å²) in [5.41, 5.74) is 0. The second kappa shape index (κ2) is 9.72. The number of hydrogen-bond acceptors (Lipinski definition) is 6. The van der Waals surface area contributed by atoms with Gasteiger partial charge in [0.1, 0.15) is 24.9 Å². The van der Waals surface area contributed by atoms with Crippen LogP contribution in [-0.4, -0.2) is 101 Å². The SMILES string of the molecule is C[N+](C)(C)CCO.OC[C@@H](O)[C@@H](O)[C@@H](O)CO. The third-order valence-corrected chi connectivity index (χ3v) is 1.93. The maximum Gasteiger partial charge on any atom is 0.110 e. The molecule has 0 unspecified atom stereocenters. The number of nitrogens with zero attached hydrogens (tertiary/aromatic N) is 1.